The van der Waals surface area contributed by atoms with Gasteiger partial charge in [-0.1, -0.05) is 0 Å². The van der Waals surface area contributed by atoms with E-state index in [0.717, 1.165) is 12.2 Å². The van der Waals surface area contributed by atoms with Crippen LogP contribution in [0.5, 0.6) is 0 Å². The SMILES string of the molecule is COC(=O)C1(C)CCn2nc(Br)nc2C1. The van der Waals surface area contributed by atoms with Gasteiger partial charge in [-0.05, 0) is 29.3 Å². The number of aromatic nitrogens is 3. The number of hydrogen-bond acceptors (Lipinski definition) is 4. The first kappa shape index (κ1) is 10.6. The molecule has 1 atom stereocenters. The molecule has 0 radical (unpaired) electrons. The van der Waals surface area contributed by atoms with E-state index >= 15 is 0 Å². The largest absolute Gasteiger partial charge is 0.469 e. The third-order valence-electron chi connectivity index (χ3n) is 2.82. The van der Waals surface area contributed by atoms with Gasteiger partial charge in [0.25, 0.3) is 0 Å². The number of halogens is 1. The molecule has 0 bridgehead atoms. The van der Waals surface area contributed by atoms with Crippen LogP contribution in [0.2, 0.25) is 0 Å². The molecule has 0 aliphatic carbocycles. The minimum absolute atomic E-state index is 0.173. The van der Waals surface area contributed by atoms with Gasteiger partial charge in [0.15, 0.2) is 0 Å². The van der Waals surface area contributed by atoms with Crippen LogP contribution in [0.4, 0.5) is 0 Å². The van der Waals surface area contributed by atoms with Crippen LogP contribution in [0.1, 0.15) is 19.2 Å². The Morgan fingerprint density at radius 1 is 1.67 bits per heavy atom. The summed E-state index contributed by atoms with van der Waals surface area (Å²) in [6.07, 6.45) is 1.32. The van der Waals surface area contributed by atoms with E-state index in [-0.39, 0.29) is 5.97 Å². The average Bonchev–Trinajstić information content (AvgIpc) is 2.56. The normalized spacial score (nSPS) is 24.7. The summed E-state index contributed by atoms with van der Waals surface area (Å²) in [5.74, 6) is 0.661. The second kappa shape index (κ2) is 3.59. The first-order chi connectivity index (χ1) is 7.05. The van der Waals surface area contributed by atoms with E-state index in [1.54, 1.807) is 0 Å². The molecule has 82 valence electrons. The topological polar surface area (TPSA) is 57.0 Å². The molecule has 0 aromatic carbocycles. The van der Waals surface area contributed by atoms with E-state index in [4.69, 9.17) is 4.74 Å². The van der Waals surface area contributed by atoms with Gasteiger partial charge < -0.3 is 4.74 Å². The maximum absolute atomic E-state index is 11.6. The van der Waals surface area contributed by atoms with Crippen molar-refractivity contribution in [1.82, 2.24) is 14.8 Å². The molecule has 0 spiro atoms. The van der Waals surface area contributed by atoms with Crippen LogP contribution < -0.4 is 0 Å². The van der Waals surface area contributed by atoms with E-state index in [1.807, 2.05) is 11.6 Å². The maximum Gasteiger partial charge on any atom is 0.312 e. The number of carbonyl (C=O) groups is 1. The molecular weight excluding hydrogens is 262 g/mol. The first-order valence-corrected chi connectivity index (χ1v) is 5.52. The molecule has 5 nitrogen and oxygen atoms in total. The molecule has 0 N–H and O–H groups in total. The molecule has 1 aromatic heterocycles. The molecule has 0 saturated carbocycles. The Hall–Kier alpha value is -0.910. The fourth-order valence-electron chi connectivity index (χ4n) is 1.86. The van der Waals surface area contributed by atoms with Crippen LogP contribution in [0, 0.1) is 5.41 Å². The number of aryl methyl sites for hydroxylation is 1. The summed E-state index contributed by atoms with van der Waals surface area (Å²) in [5, 5.41) is 4.17. The minimum Gasteiger partial charge on any atom is -0.469 e. The Balaban J connectivity index is 2.28. The number of methoxy groups -OCH3 is 1. The molecule has 15 heavy (non-hydrogen) atoms. The molecule has 0 amide bonds. The predicted octanol–water partition coefficient (Wildman–Crippen LogP) is 1.17. The third kappa shape index (κ3) is 1.78. The molecular formula is C9H12BrN3O2. The van der Waals surface area contributed by atoms with Crippen LogP contribution in [0.25, 0.3) is 0 Å². The molecule has 0 saturated heterocycles. The predicted molar refractivity (Wildman–Crippen MR) is 56.2 cm³/mol. The molecule has 1 unspecified atom stereocenters. The van der Waals surface area contributed by atoms with E-state index in [1.165, 1.54) is 7.11 Å². The molecule has 0 fully saturated rings. The molecule has 2 heterocycles. The Morgan fingerprint density at radius 3 is 3.07 bits per heavy atom. The summed E-state index contributed by atoms with van der Waals surface area (Å²) in [6.45, 7) is 2.62. The van der Waals surface area contributed by atoms with Crippen molar-refractivity contribution >= 4 is 21.9 Å². The van der Waals surface area contributed by atoms with Crippen molar-refractivity contribution in [2.75, 3.05) is 7.11 Å². The van der Waals surface area contributed by atoms with Crippen molar-refractivity contribution in [2.45, 2.75) is 26.3 Å². The van der Waals surface area contributed by atoms with Gasteiger partial charge in [0, 0.05) is 13.0 Å². The van der Waals surface area contributed by atoms with Crippen molar-refractivity contribution < 1.29 is 9.53 Å². The van der Waals surface area contributed by atoms with Crippen LogP contribution in [-0.2, 0) is 22.5 Å². The molecule has 1 aliphatic rings. The Morgan fingerprint density at radius 2 is 2.40 bits per heavy atom. The summed E-state index contributed by atoms with van der Waals surface area (Å²) in [7, 11) is 1.42. The molecule has 1 aliphatic heterocycles. The van der Waals surface area contributed by atoms with Crippen molar-refractivity contribution in [3.8, 4) is 0 Å². The second-order valence-electron chi connectivity index (χ2n) is 4.00. The monoisotopic (exact) mass is 273 g/mol. The smallest absolute Gasteiger partial charge is 0.312 e. The van der Waals surface area contributed by atoms with E-state index in [9.17, 15) is 4.79 Å². The van der Waals surface area contributed by atoms with E-state index in [0.29, 0.717) is 17.7 Å². The van der Waals surface area contributed by atoms with Crippen molar-refractivity contribution in [3.63, 3.8) is 0 Å². The van der Waals surface area contributed by atoms with E-state index in [2.05, 4.69) is 26.0 Å². The summed E-state index contributed by atoms with van der Waals surface area (Å²) in [6, 6.07) is 0. The number of ether oxygens (including phenoxy) is 1. The number of hydrogen-bond donors (Lipinski definition) is 0. The first-order valence-electron chi connectivity index (χ1n) is 4.73. The highest BCUT2D eigenvalue weighted by Gasteiger charge is 2.39. The molecule has 1 aromatic rings. The zero-order valence-corrected chi connectivity index (χ0v) is 10.2. The van der Waals surface area contributed by atoms with Gasteiger partial charge in [-0.25, -0.2) is 9.67 Å². The standard InChI is InChI=1S/C9H12BrN3O2/c1-9(7(14)15-2)3-4-13-6(5-9)11-8(10)12-13/h3-5H2,1-2H3. The number of rotatable bonds is 1. The summed E-state index contributed by atoms with van der Waals surface area (Å²) < 4.78 is 7.21. The van der Waals surface area contributed by atoms with Crippen molar-refractivity contribution in [3.05, 3.63) is 10.6 Å². The summed E-state index contributed by atoms with van der Waals surface area (Å²) in [4.78, 5) is 15.8. The number of carbonyl (C=O) groups excluding carboxylic acids is 1. The minimum atomic E-state index is -0.461. The second-order valence-corrected chi connectivity index (χ2v) is 4.71. The van der Waals surface area contributed by atoms with Gasteiger partial charge in [-0.2, -0.15) is 0 Å². The van der Waals surface area contributed by atoms with Gasteiger partial charge in [-0.3, -0.25) is 4.79 Å². The van der Waals surface area contributed by atoms with Crippen LogP contribution in [-0.4, -0.2) is 27.8 Å². The highest BCUT2D eigenvalue weighted by molar-refractivity contribution is 9.10. The van der Waals surface area contributed by atoms with E-state index < -0.39 is 5.41 Å². The molecule has 6 heteroatoms. The van der Waals surface area contributed by atoms with Crippen LogP contribution in [0.15, 0.2) is 4.73 Å². The number of esters is 1. The van der Waals surface area contributed by atoms with Gasteiger partial charge in [0.1, 0.15) is 5.82 Å². The lowest BCUT2D eigenvalue weighted by molar-refractivity contribution is -0.153. The zero-order valence-electron chi connectivity index (χ0n) is 8.66. The Labute approximate surface area is 95.9 Å². The Bertz CT molecular complexity index is 404. The lowest BCUT2D eigenvalue weighted by Gasteiger charge is -2.29. The summed E-state index contributed by atoms with van der Waals surface area (Å²) >= 11 is 3.22. The van der Waals surface area contributed by atoms with Crippen molar-refractivity contribution in [2.24, 2.45) is 5.41 Å². The average molecular weight is 274 g/mol. The lowest BCUT2D eigenvalue weighted by Crippen LogP contribution is -2.37. The number of fused-ring (bicyclic) bond motifs is 1. The zero-order chi connectivity index (χ0) is 11.1. The van der Waals surface area contributed by atoms with Crippen molar-refractivity contribution in [1.29, 1.82) is 0 Å². The Kier molecular flexibility index (Phi) is 2.54. The quantitative estimate of drug-likeness (QED) is 0.721. The van der Waals surface area contributed by atoms with Crippen LogP contribution in [0.3, 0.4) is 0 Å². The fraction of sp³-hybridized carbons (Fsp3) is 0.667. The van der Waals surface area contributed by atoms with Gasteiger partial charge >= 0.3 is 5.97 Å². The molecule has 2 rings (SSSR count). The number of nitrogens with zero attached hydrogens (tertiary/aromatic N) is 3. The van der Waals surface area contributed by atoms with Gasteiger partial charge in [0.2, 0.25) is 4.73 Å². The fourth-order valence-corrected chi connectivity index (χ4v) is 2.26. The highest BCUT2D eigenvalue weighted by atomic mass is 79.9. The van der Waals surface area contributed by atoms with Gasteiger partial charge in [0.05, 0.1) is 12.5 Å². The van der Waals surface area contributed by atoms with Gasteiger partial charge in [-0.15, -0.1) is 5.10 Å². The highest BCUT2D eigenvalue weighted by Crippen LogP contribution is 2.32. The maximum atomic E-state index is 11.6. The lowest BCUT2D eigenvalue weighted by atomic mass is 9.81. The van der Waals surface area contributed by atoms with Crippen LogP contribution >= 0.6 is 15.9 Å². The summed E-state index contributed by atoms with van der Waals surface area (Å²) in [5.41, 5.74) is -0.461. The third-order valence-corrected chi connectivity index (χ3v) is 3.16.